The zero-order valence-corrected chi connectivity index (χ0v) is 16.7. The van der Waals surface area contributed by atoms with Crippen LogP contribution in [0.4, 0.5) is 0 Å². The molecule has 0 saturated carbocycles. The second-order valence-corrected chi connectivity index (χ2v) is 8.12. The third-order valence-electron chi connectivity index (χ3n) is 6.22. The van der Waals surface area contributed by atoms with Crippen LogP contribution in [0, 0.1) is 11.3 Å². The lowest BCUT2D eigenvalue weighted by Gasteiger charge is -2.38. The number of piperazine rings is 1. The number of aromatic nitrogens is 1. The van der Waals surface area contributed by atoms with Crippen molar-refractivity contribution in [1.29, 1.82) is 5.26 Å². The second-order valence-electron chi connectivity index (χ2n) is 8.12. The van der Waals surface area contributed by atoms with Crippen molar-refractivity contribution in [1.82, 2.24) is 19.1 Å². The van der Waals surface area contributed by atoms with Crippen LogP contribution >= 0.6 is 0 Å². The van der Waals surface area contributed by atoms with E-state index >= 15 is 0 Å². The summed E-state index contributed by atoms with van der Waals surface area (Å²) in [6.45, 7) is 8.09. The van der Waals surface area contributed by atoms with Gasteiger partial charge in [0.05, 0.1) is 17.6 Å². The first-order chi connectivity index (χ1) is 13.7. The lowest BCUT2D eigenvalue weighted by Crippen LogP contribution is -2.51. The van der Waals surface area contributed by atoms with E-state index in [1.54, 1.807) is 0 Å². The fourth-order valence-corrected chi connectivity index (χ4v) is 4.52. The Hall–Kier alpha value is -2.36. The molecule has 148 valence electrons. The summed E-state index contributed by atoms with van der Waals surface area (Å²) in [5, 5.41) is 9.59. The number of fused-ring (bicyclic) bond motifs is 1. The van der Waals surface area contributed by atoms with Gasteiger partial charge in [-0.25, -0.2) is 0 Å². The number of hydrogen-bond acceptors (Lipinski definition) is 4. The van der Waals surface area contributed by atoms with E-state index in [0.29, 0.717) is 12.6 Å². The molecule has 2 aromatic heterocycles. The highest BCUT2D eigenvalue weighted by Crippen LogP contribution is 2.20. The number of nitrogens with zero attached hydrogens (tertiary/aromatic N) is 5. The molecule has 0 spiro atoms. The quantitative estimate of drug-likeness (QED) is 0.818. The van der Waals surface area contributed by atoms with Gasteiger partial charge < -0.3 is 9.30 Å². The van der Waals surface area contributed by atoms with E-state index in [4.69, 9.17) is 0 Å². The van der Waals surface area contributed by atoms with Crippen molar-refractivity contribution in [3.63, 3.8) is 0 Å². The Kier molecular flexibility index (Phi) is 5.65. The predicted molar refractivity (Wildman–Crippen MR) is 109 cm³/mol. The number of rotatable bonds is 4. The van der Waals surface area contributed by atoms with Crippen molar-refractivity contribution in [3.8, 4) is 6.07 Å². The van der Waals surface area contributed by atoms with Gasteiger partial charge in [0.1, 0.15) is 6.07 Å². The van der Waals surface area contributed by atoms with Crippen molar-refractivity contribution in [2.24, 2.45) is 0 Å². The number of pyridine rings is 1. The molecule has 4 rings (SSSR count). The van der Waals surface area contributed by atoms with Gasteiger partial charge in [0.15, 0.2) is 0 Å². The summed E-state index contributed by atoms with van der Waals surface area (Å²) in [6, 6.07) is 8.71. The van der Waals surface area contributed by atoms with Gasteiger partial charge in [-0.2, -0.15) is 5.26 Å². The van der Waals surface area contributed by atoms with Crippen LogP contribution in [-0.4, -0.2) is 70.3 Å². The molecule has 1 amide bonds. The molecule has 4 heterocycles. The maximum Gasteiger partial charge on any atom is 0.236 e. The van der Waals surface area contributed by atoms with Crippen LogP contribution in [0.25, 0.3) is 5.52 Å². The van der Waals surface area contributed by atoms with Crippen LogP contribution in [0.2, 0.25) is 0 Å². The van der Waals surface area contributed by atoms with Gasteiger partial charge in [0.25, 0.3) is 0 Å². The van der Waals surface area contributed by atoms with Gasteiger partial charge in [-0.1, -0.05) is 6.07 Å². The summed E-state index contributed by atoms with van der Waals surface area (Å²) in [4.78, 5) is 19.4. The van der Waals surface area contributed by atoms with Gasteiger partial charge in [-0.15, -0.1) is 0 Å². The minimum absolute atomic E-state index is 0.283. The number of nitriles is 1. The molecule has 2 aliphatic rings. The van der Waals surface area contributed by atoms with Crippen LogP contribution in [0.3, 0.4) is 0 Å². The zero-order valence-electron chi connectivity index (χ0n) is 16.7. The lowest BCUT2D eigenvalue weighted by atomic mass is 10.0. The average Bonchev–Trinajstić information content (AvgIpc) is 3.06. The second kappa shape index (κ2) is 8.34. The Morgan fingerprint density at radius 1 is 1.14 bits per heavy atom. The van der Waals surface area contributed by atoms with Crippen LogP contribution in [0.15, 0.2) is 30.6 Å². The Labute approximate surface area is 166 Å². The first-order valence-corrected chi connectivity index (χ1v) is 10.4. The maximum absolute atomic E-state index is 12.7. The van der Waals surface area contributed by atoms with E-state index in [0.717, 1.165) is 68.8 Å². The Bertz CT molecular complexity index is 875. The summed E-state index contributed by atoms with van der Waals surface area (Å²) in [5.41, 5.74) is 2.83. The molecule has 28 heavy (non-hydrogen) atoms. The molecule has 1 atom stereocenters. The fourth-order valence-electron chi connectivity index (χ4n) is 4.52. The van der Waals surface area contributed by atoms with Crippen molar-refractivity contribution in [3.05, 3.63) is 41.7 Å². The Morgan fingerprint density at radius 3 is 2.68 bits per heavy atom. The number of carbonyl (C=O) groups is 1. The molecular formula is C22H29N5O. The third-order valence-corrected chi connectivity index (χ3v) is 6.22. The molecule has 6 heteroatoms. The SMILES string of the molecule is CC1CCCCN1C(=O)CN1CCN(Cc2cn3ccccc3c2C#N)CC1. The molecule has 0 aliphatic carbocycles. The molecule has 2 saturated heterocycles. The zero-order chi connectivity index (χ0) is 19.5. The maximum atomic E-state index is 12.7. The predicted octanol–water partition coefficient (Wildman–Crippen LogP) is 2.33. The normalized spacial score (nSPS) is 21.7. The van der Waals surface area contributed by atoms with Crippen molar-refractivity contribution < 1.29 is 4.79 Å². The van der Waals surface area contributed by atoms with Crippen LogP contribution in [-0.2, 0) is 11.3 Å². The number of likely N-dealkylation sites (tertiary alicyclic amines) is 1. The van der Waals surface area contributed by atoms with Crippen molar-refractivity contribution in [2.75, 3.05) is 39.3 Å². The molecular weight excluding hydrogens is 350 g/mol. The minimum Gasteiger partial charge on any atom is -0.339 e. The molecule has 2 fully saturated rings. The number of amides is 1. The summed E-state index contributed by atoms with van der Waals surface area (Å²) in [6.07, 6.45) is 7.57. The first kappa shape index (κ1) is 19.0. The monoisotopic (exact) mass is 379 g/mol. The van der Waals surface area contributed by atoms with E-state index in [2.05, 4.69) is 33.9 Å². The van der Waals surface area contributed by atoms with Crippen molar-refractivity contribution in [2.45, 2.75) is 38.8 Å². The van der Waals surface area contributed by atoms with Gasteiger partial charge in [0, 0.05) is 63.3 Å². The molecule has 0 aromatic carbocycles. The Balaban J connectivity index is 1.32. The molecule has 0 bridgehead atoms. The molecule has 1 unspecified atom stereocenters. The third kappa shape index (κ3) is 3.91. The molecule has 0 N–H and O–H groups in total. The average molecular weight is 380 g/mol. The van der Waals surface area contributed by atoms with E-state index in [-0.39, 0.29) is 5.91 Å². The molecule has 0 radical (unpaired) electrons. The highest BCUT2D eigenvalue weighted by Gasteiger charge is 2.26. The lowest BCUT2D eigenvalue weighted by molar-refractivity contribution is -0.136. The summed E-state index contributed by atoms with van der Waals surface area (Å²) < 4.78 is 2.03. The minimum atomic E-state index is 0.283. The summed E-state index contributed by atoms with van der Waals surface area (Å²) >= 11 is 0. The number of piperidine rings is 1. The van der Waals surface area contributed by atoms with E-state index in [1.165, 1.54) is 6.42 Å². The summed E-state index contributed by atoms with van der Waals surface area (Å²) in [7, 11) is 0. The van der Waals surface area contributed by atoms with E-state index in [1.807, 2.05) is 28.8 Å². The summed E-state index contributed by atoms with van der Waals surface area (Å²) in [5.74, 6) is 0.283. The molecule has 2 aliphatic heterocycles. The first-order valence-electron chi connectivity index (χ1n) is 10.4. The molecule has 2 aromatic rings. The standard InChI is InChI=1S/C22H29N5O/c1-18-6-2-5-9-27(18)22(28)17-25-12-10-24(11-13-25)15-19-16-26-8-4-3-7-21(26)20(19)14-23/h3-4,7-8,16,18H,2,5-6,9-13,15,17H2,1H3. The Morgan fingerprint density at radius 2 is 1.93 bits per heavy atom. The van der Waals surface area contributed by atoms with Crippen LogP contribution in [0.1, 0.15) is 37.3 Å². The van der Waals surface area contributed by atoms with Gasteiger partial charge >= 0.3 is 0 Å². The smallest absolute Gasteiger partial charge is 0.236 e. The highest BCUT2D eigenvalue weighted by atomic mass is 16.2. The van der Waals surface area contributed by atoms with Gasteiger partial charge in [-0.05, 0) is 38.3 Å². The molecule has 6 nitrogen and oxygen atoms in total. The van der Waals surface area contributed by atoms with E-state index < -0.39 is 0 Å². The fraction of sp³-hybridized carbons (Fsp3) is 0.545. The number of carbonyl (C=O) groups excluding carboxylic acids is 1. The van der Waals surface area contributed by atoms with Crippen LogP contribution < -0.4 is 0 Å². The van der Waals surface area contributed by atoms with Crippen molar-refractivity contribution >= 4 is 11.4 Å². The topological polar surface area (TPSA) is 55.0 Å². The van der Waals surface area contributed by atoms with Crippen LogP contribution in [0.5, 0.6) is 0 Å². The largest absolute Gasteiger partial charge is 0.339 e. The van der Waals surface area contributed by atoms with Gasteiger partial charge in [0.2, 0.25) is 5.91 Å². The van der Waals surface area contributed by atoms with Gasteiger partial charge in [-0.3, -0.25) is 14.6 Å². The highest BCUT2D eigenvalue weighted by molar-refractivity contribution is 5.78. The van der Waals surface area contributed by atoms with E-state index in [9.17, 15) is 10.1 Å². The number of hydrogen-bond donors (Lipinski definition) is 0.